The molecule has 4 atom stereocenters. The van der Waals surface area contributed by atoms with E-state index in [1.807, 2.05) is 91.0 Å². The summed E-state index contributed by atoms with van der Waals surface area (Å²) in [7, 11) is -8.02. The summed E-state index contributed by atoms with van der Waals surface area (Å²) >= 11 is 0. The van der Waals surface area contributed by atoms with Gasteiger partial charge >= 0.3 is 15.6 Å². The van der Waals surface area contributed by atoms with Crippen molar-refractivity contribution in [3.8, 4) is 0 Å². The van der Waals surface area contributed by atoms with Crippen LogP contribution in [0.3, 0.4) is 0 Å². The predicted octanol–water partition coefficient (Wildman–Crippen LogP) is 8.79. The number of alkyl halides is 3. The van der Waals surface area contributed by atoms with E-state index in [0.717, 1.165) is 16.7 Å². The van der Waals surface area contributed by atoms with Gasteiger partial charge in [0.05, 0.1) is 12.7 Å². The molecule has 2 aliphatic carbocycles. The van der Waals surface area contributed by atoms with Crippen LogP contribution in [0.25, 0.3) is 0 Å². The van der Waals surface area contributed by atoms with Crippen LogP contribution in [0.4, 0.5) is 13.2 Å². The summed E-state index contributed by atoms with van der Waals surface area (Å²) < 4.78 is 82.0. The number of hydrogen-bond donors (Lipinski definition) is 0. The van der Waals surface area contributed by atoms with Crippen molar-refractivity contribution in [2.75, 3.05) is 6.61 Å². The van der Waals surface area contributed by atoms with Crippen molar-refractivity contribution in [2.24, 2.45) is 17.8 Å². The maximum absolute atomic E-state index is 13.2. The van der Waals surface area contributed by atoms with Crippen LogP contribution in [0.15, 0.2) is 103 Å². The van der Waals surface area contributed by atoms with Gasteiger partial charge in [-0.3, -0.25) is 0 Å². The number of hydrogen-bond acceptors (Lipinski definition) is 5. The lowest BCUT2D eigenvalue weighted by atomic mass is 9.79. The monoisotopic (exact) mass is 658 g/mol. The smallest absolute Gasteiger partial charge is 0.414 e. The molecule has 5 nitrogen and oxygen atoms in total. The molecule has 5 rings (SSSR count). The van der Waals surface area contributed by atoms with Crippen molar-refractivity contribution in [3.05, 3.63) is 120 Å². The van der Waals surface area contributed by atoms with Crippen LogP contribution >= 0.6 is 0 Å². The van der Waals surface area contributed by atoms with Crippen LogP contribution in [0.1, 0.15) is 50.3 Å². The fourth-order valence-electron chi connectivity index (χ4n) is 6.41. The highest BCUT2D eigenvalue weighted by Gasteiger charge is 2.54. The first-order chi connectivity index (χ1) is 21.1. The average Bonchev–Trinajstić information content (AvgIpc) is 3.50. The second-order valence-electron chi connectivity index (χ2n) is 13.6. The molecule has 0 aliphatic heterocycles. The Morgan fingerprint density at radius 3 is 1.69 bits per heavy atom. The van der Waals surface area contributed by atoms with Gasteiger partial charge in [-0.15, -0.1) is 0 Å². The molecule has 0 unspecified atom stereocenters. The van der Waals surface area contributed by atoms with Gasteiger partial charge in [-0.2, -0.15) is 21.6 Å². The van der Waals surface area contributed by atoms with Gasteiger partial charge in [0.25, 0.3) is 0 Å². The molecule has 0 spiro atoms. The van der Waals surface area contributed by atoms with Crippen molar-refractivity contribution in [2.45, 2.75) is 69.0 Å². The Kier molecular flexibility index (Phi) is 9.18. The quantitative estimate of drug-likeness (QED) is 0.0943. The summed E-state index contributed by atoms with van der Waals surface area (Å²) in [6, 6.07) is 29.9. The zero-order valence-electron chi connectivity index (χ0n) is 26.3. The molecule has 10 heteroatoms. The van der Waals surface area contributed by atoms with Crippen molar-refractivity contribution >= 4 is 18.4 Å². The first kappa shape index (κ1) is 33.4. The van der Waals surface area contributed by atoms with Gasteiger partial charge in [0.2, 0.25) is 0 Å². The highest BCUT2D eigenvalue weighted by molar-refractivity contribution is 7.87. The van der Waals surface area contributed by atoms with Gasteiger partial charge in [-0.25, -0.2) is 0 Å². The van der Waals surface area contributed by atoms with E-state index in [1.165, 1.54) is 0 Å². The Morgan fingerprint density at radius 1 is 0.800 bits per heavy atom. The van der Waals surface area contributed by atoms with Gasteiger partial charge in [0, 0.05) is 12.3 Å². The fraction of sp³-hybridized carbons (Fsp3) is 0.429. The van der Waals surface area contributed by atoms with Crippen LogP contribution in [0, 0.1) is 17.8 Å². The van der Waals surface area contributed by atoms with Gasteiger partial charge in [-0.05, 0) is 59.2 Å². The van der Waals surface area contributed by atoms with Crippen molar-refractivity contribution < 1.29 is 34.9 Å². The zero-order valence-corrected chi connectivity index (χ0v) is 28.1. The Hall–Kier alpha value is -2.92. The maximum atomic E-state index is 13.2. The van der Waals surface area contributed by atoms with Crippen LogP contribution in [0.2, 0.25) is 18.1 Å². The maximum Gasteiger partial charge on any atom is 0.534 e. The van der Waals surface area contributed by atoms with Crippen LogP contribution in [-0.4, -0.2) is 35.0 Å². The lowest BCUT2D eigenvalue weighted by molar-refractivity contribution is -0.0528. The topological polar surface area (TPSA) is 61.8 Å². The third-order valence-corrected chi connectivity index (χ3v) is 15.2. The largest absolute Gasteiger partial charge is 0.534 e. The molecule has 45 heavy (non-hydrogen) atoms. The van der Waals surface area contributed by atoms with E-state index in [2.05, 4.69) is 38.0 Å². The molecule has 1 fully saturated rings. The normalized spacial score (nSPS) is 22.6. The first-order valence-electron chi connectivity index (χ1n) is 15.2. The molecule has 3 aromatic carbocycles. The Morgan fingerprint density at radius 2 is 1.27 bits per heavy atom. The first-order valence-corrected chi connectivity index (χ1v) is 19.6. The SMILES string of the molecule is CC(C)(C)[Si](C)(C)O[C@@H]1C[C@@H]2C=C(OS(=O)(=O)C(F)(F)F)C[C@@H]2[C@H]1COC(c1ccccc1)(c1ccccc1)c1ccccc1. The molecule has 0 N–H and O–H groups in total. The minimum atomic E-state index is -5.76. The third kappa shape index (κ3) is 6.66. The van der Waals surface area contributed by atoms with E-state index in [-0.39, 0.29) is 47.7 Å². The second kappa shape index (κ2) is 12.4. The summed E-state index contributed by atoms with van der Waals surface area (Å²) in [6.45, 7) is 11.1. The van der Waals surface area contributed by atoms with Crippen molar-refractivity contribution in [1.82, 2.24) is 0 Å². The molecule has 2 aliphatic rings. The van der Waals surface area contributed by atoms with E-state index < -0.39 is 29.5 Å². The molecule has 0 radical (unpaired) electrons. The van der Waals surface area contributed by atoms with Crippen molar-refractivity contribution in [1.29, 1.82) is 0 Å². The highest BCUT2D eigenvalue weighted by atomic mass is 32.2. The molecule has 0 bridgehead atoms. The molecule has 3 aromatic rings. The molecule has 0 heterocycles. The van der Waals surface area contributed by atoms with E-state index in [0.29, 0.717) is 6.42 Å². The fourth-order valence-corrected chi connectivity index (χ4v) is 8.29. The van der Waals surface area contributed by atoms with E-state index in [1.54, 1.807) is 6.08 Å². The Balaban J connectivity index is 1.54. The summed E-state index contributed by atoms with van der Waals surface area (Å²) in [5.74, 6) is -0.811. The van der Waals surface area contributed by atoms with Gasteiger partial charge in [0.15, 0.2) is 8.32 Å². The summed E-state index contributed by atoms with van der Waals surface area (Å²) in [5, 5.41) is -0.0666. The lowest BCUT2D eigenvalue weighted by Gasteiger charge is -2.42. The molecule has 1 saturated carbocycles. The summed E-state index contributed by atoms with van der Waals surface area (Å²) in [4.78, 5) is 0. The third-order valence-electron chi connectivity index (χ3n) is 9.70. The number of halogens is 3. The van der Waals surface area contributed by atoms with E-state index in [4.69, 9.17) is 9.16 Å². The van der Waals surface area contributed by atoms with Crippen LogP contribution in [-0.2, 0) is 29.1 Å². The standard InChI is InChI=1S/C35H41F3O5SSi/c1-33(2,3)45(4,5)43-32-22-25-21-29(42-44(39,40)35(36,37)38)23-30(25)31(32)24-41-34(26-15-9-6-10-16-26,27-17-11-7-12-18-27)28-19-13-8-14-20-28/h6-21,25,30-32H,22-24H2,1-5H3/t25-,30-,31+,32+/m0/s1. The van der Waals surface area contributed by atoms with Crippen molar-refractivity contribution in [3.63, 3.8) is 0 Å². The number of allylic oxidation sites excluding steroid dienone is 2. The van der Waals surface area contributed by atoms with Gasteiger partial charge in [0.1, 0.15) is 11.4 Å². The van der Waals surface area contributed by atoms with E-state index >= 15 is 0 Å². The molecule has 242 valence electrons. The molecular weight excluding hydrogens is 618 g/mol. The second-order valence-corrected chi connectivity index (χ2v) is 19.8. The minimum absolute atomic E-state index is 0.0559. The Labute approximate surface area is 265 Å². The van der Waals surface area contributed by atoms with Gasteiger partial charge < -0.3 is 13.3 Å². The Bertz CT molecular complexity index is 1490. The molecule has 0 amide bonds. The zero-order chi connectivity index (χ0) is 32.7. The van der Waals surface area contributed by atoms with Gasteiger partial charge in [-0.1, -0.05) is 112 Å². The van der Waals surface area contributed by atoms with Crippen LogP contribution < -0.4 is 0 Å². The highest BCUT2D eigenvalue weighted by Crippen LogP contribution is 2.52. The average molecular weight is 659 g/mol. The number of benzene rings is 3. The number of rotatable bonds is 10. The molecule has 0 aromatic heterocycles. The lowest BCUT2D eigenvalue weighted by Crippen LogP contribution is -2.46. The van der Waals surface area contributed by atoms with Crippen LogP contribution in [0.5, 0.6) is 0 Å². The van der Waals surface area contributed by atoms with E-state index in [9.17, 15) is 21.6 Å². The molecular formula is C35H41F3O5SSi. The minimum Gasteiger partial charge on any atom is -0.414 e. The summed E-state index contributed by atoms with van der Waals surface area (Å²) in [6.07, 6.45) is 1.92. The number of ether oxygens (including phenoxy) is 1. The molecule has 0 saturated heterocycles. The summed E-state index contributed by atoms with van der Waals surface area (Å²) in [5.41, 5.74) is -3.69. The predicted molar refractivity (Wildman–Crippen MR) is 171 cm³/mol. The number of fused-ring (bicyclic) bond motifs is 1.